The highest BCUT2D eigenvalue weighted by Crippen LogP contribution is 2.23. The molecule has 1 rings (SSSR count). The largest absolute Gasteiger partial charge is 0.507 e. The molecule has 0 fully saturated rings. The molecule has 0 aromatic heterocycles. The summed E-state index contributed by atoms with van der Waals surface area (Å²) in [5.74, 6) is 0.0524. The van der Waals surface area contributed by atoms with Crippen LogP contribution in [-0.4, -0.2) is 30.0 Å². The molecule has 0 aliphatic carbocycles. The summed E-state index contributed by atoms with van der Waals surface area (Å²) in [5.41, 5.74) is 0.214. The minimum Gasteiger partial charge on any atom is -0.507 e. The van der Waals surface area contributed by atoms with Gasteiger partial charge < -0.3 is 15.2 Å². The van der Waals surface area contributed by atoms with Crippen molar-refractivity contribution in [1.29, 1.82) is 0 Å². The Morgan fingerprint density at radius 1 is 1.59 bits per heavy atom. The first-order valence-electron chi connectivity index (χ1n) is 5.37. The molecule has 0 radical (unpaired) electrons. The van der Waals surface area contributed by atoms with Crippen LogP contribution in [-0.2, 0) is 0 Å². The Kier molecular flexibility index (Phi) is 5.10. The molecule has 1 aromatic carbocycles. The number of benzene rings is 1. The number of aromatic hydroxyl groups is 1. The normalized spacial score (nSPS) is 11.9. The summed E-state index contributed by atoms with van der Waals surface area (Å²) in [6.07, 6.45) is 0.774. The van der Waals surface area contributed by atoms with Gasteiger partial charge in [-0.05, 0) is 18.6 Å². The number of hydrogen-bond donors (Lipinski definition) is 2. The summed E-state index contributed by atoms with van der Waals surface area (Å²) in [7, 11) is 1.49. The number of phenolic OH excluding ortho intramolecular Hbond substituents is 1. The minimum absolute atomic E-state index is 0.0978. The van der Waals surface area contributed by atoms with E-state index in [4.69, 9.17) is 16.3 Å². The van der Waals surface area contributed by atoms with Crippen LogP contribution in [0.15, 0.2) is 18.2 Å². The molecule has 0 aliphatic heterocycles. The van der Waals surface area contributed by atoms with Gasteiger partial charge in [0.1, 0.15) is 11.5 Å². The highest BCUT2D eigenvalue weighted by molar-refractivity contribution is 6.20. The molecule has 0 aliphatic rings. The zero-order chi connectivity index (χ0) is 12.8. The van der Waals surface area contributed by atoms with Crippen LogP contribution in [0.2, 0.25) is 0 Å². The molecule has 0 saturated heterocycles. The van der Waals surface area contributed by atoms with Crippen molar-refractivity contribution in [3.8, 4) is 11.5 Å². The molecule has 0 bridgehead atoms. The smallest absolute Gasteiger partial charge is 0.255 e. The van der Waals surface area contributed by atoms with Crippen molar-refractivity contribution in [1.82, 2.24) is 5.32 Å². The van der Waals surface area contributed by atoms with E-state index in [1.807, 2.05) is 6.92 Å². The number of phenols is 1. The van der Waals surface area contributed by atoms with Gasteiger partial charge >= 0.3 is 0 Å². The van der Waals surface area contributed by atoms with Crippen LogP contribution in [0.25, 0.3) is 0 Å². The number of ether oxygens (including phenoxy) is 1. The third-order valence-electron chi connectivity index (χ3n) is 2.38. The van der Waals surface area contributed by atoms with Crippen molar-refractivity contribution in [2.75, 3.05) is 13.7 Å². The summed E-state index contributed by atoms with van der Waals surface area (Å²) in [4.78, 5) is 11.7. The maximum Gasteiger partial charge on any atom is 0.255 e. The SMILES string of the molecule is CCC(Cl)CNC(=O)c1ccc(OC)cc1O. The van der Waals surface area contributed by atoms with E-state index in [0.29, 0.717) is 12.3 Å². The van der Waals surface area contributed by atoms with Gasteiger partial charge in [0.2, 0.25) is 0 Å². The standard InChI is InChI=1S/C12H16ClNO3/c1-3-8(13)7-14-12(16)10-5-4-9(17-2)6-11(10)15/h4-6,8,15H,3,7H2,1-2H3,(H,14,16). The Morgan fingerprint density at radius 2 is 2.29 bits per heavy atom. The quantitative estimate of drug-likeness (QED) is 0.795. The molecule has 1 unspecified atom stereocenters. The fraction of sp³-hybridized carbons (Fsp3) is 0.417. The van der Waals surface area contributed by atoms with E-state index >= 15 is 0 Å². The molecule has 1 aromatic rings. The molecule has 2 N–H and O–H groups in total. The van der Waals surface area contributed by atoms with Gasteiger partial charge in [-0.15, -0.1) is 11.6 Å². The fourth-order valence-electron chi connectivity index (χ4n) is 1.27. The highest BCUT2D eigenvalue weighted by Gasteiger charge is 2.12. The van der Waals surface area contributed by atoms with Gasteiger partial charge in [0.25, 0.3) is 5.91 Å². The van der Waals surface area contributed by atoms with E-state index in [0.717, 1.165) is 6.42 Å². The molecule has 5 heteroatoms. The number of rotatable bonds is 5. The van der Waals surface area contributed by atoms with Crippen LogP contribution in [0, 0.1) is 0 Å². The predicted octanol–water partition coefficient (Wildman–Crippen LogP) is 2.15. The van der Waals surface area contributed by atoms with Gasteiger partial charge in [0.15, 0.2) is 0 Å². The molecule has 94 valence electrons. The first kappa shape index (κ1) is 13.6. The fourth-order valence-corrected chi connectivity index (χ4v) is 1.35. The lowest BCUT2D eigenvalue weighted by atomic mass is 10.1. The maximum atomic E-state index is 11.7. The molecular weight excluding hydrogens is 242 g/mol. The monoisotopic (exact) mass is 257 g/mol. The van der Waals surface area contributed by atoms with Gasteiger partial charge in [-0.2, -0.15) is 0 Å². The molecule has 1 atom stereocenters. The molecule has 17 heavy (non-hydrogen) atoms. The van der Waals surface area contributed by atoms with Crippen LogP contribution in [0.5, 0.6) is 11.5 Å². The molecule has 1 amide bonds. The summed E-state index contributed by atoms with van der Waals surface area (Å²) in [5, 5.41) is 12.2. The average Bonchev–Trinajstić information content (AvgIpc) is 2.35. The first-order chi connectivity index (χ1) is 8.08. The van der Waals surface area contributed by atoms with E-state index < -0.39 is 0 Å². The van der Waals surface area contributed by atoms with E-state index in [1.165, 1.54) is 19.2 Å². The average molecular weight is 258 g/mol. The van der Waals surface area contributed by atoms with Crippen molar-refractivity contribution in [3.63, 3.8) is 0 Å². The Labute approximate surface area is 106 Å². The Morgan fingerprint density at radius 3 is 2.82 bits per heavy atom. The topological polar surface area (TPSA) is 58.6 Å². The van der Waals surface area contributed by atoms with Crippen LogP contribution in [0.4, 0.5) is 0 Å². The number of carbonyl (C=O) groups excluding carboxylic acids is 1. The predicted molar refractivity (Wildman–Crippen MR) is 66.9 cm³/mol. The van der Waals surface area contributed by atoms with Gasteiger partial charge in [-0.25, -0.2) is 0 Å². The summed E-state index contributed by atoms with van der Waals surface area (Å²) in [6, 6.07) is 4.53. The Bertz CT molecular complexity index is 395. The lowest BCUT2D eigenvalue weighted by molar-refractivity contribution is 0.0951. The van der Waals surface area contributed by atoms with Gasteiger partial charge in [0, 0.05) is 12.6 Å². The zero-order valence-electron chi connectivity index (χ0n) is 9.87. The van der Waals surface area contributed by atoms with Gasteiger partial charge in [-0.1, -0.05) is 6.92 Å². The van der Waals surface area contributed by atoms with E-state index in [2.05, 4.69) is 5.32 Å². The van der Waals surface area contributed by atoms with Gasteiger partial charge in [-0.3, -0.25) is 4.79 Å². The molecule has 0 saturated carbocycles. The second-order valence-electron chi connectivity index (χ2n) is 3.60. The summed E-state index contributed by atoms with van der Waals surface area (Å²) in [6.45, 7) is 2.32. The number of hydrogen-bond acceptors (Lipinski definition) is 3. The van der Waals surface area contributed by atoms with Gasteiger partial charge in [0.05, 0.1) is 18.1 Å². The maximum absolute atomic E-state index is 11.7. The number of alkyl halides is 1. The van der Waals surface area contributed by atoms with Crippen LogP contribution in [0.1, 0.15) is 23.7 Å². The van der Waals surface area contributed by atoms with Crippen molar-refractivity contribution in [2.45, 2.75) is 18.7 Å². The number of amides is 1. The highest BCUT2D eigenvalue weighted by atomic mass is 35.5. The molecule has 0 heterocycles. The van der Waals surface area contributed by atoms with E-state index in [1.54, 1.807) is 6.07 Å². The first-order valence-corrected chi connectivity index (χ1v) is 5.81. The second-order valence-corrected chi connectivity index (χ2v) is 4.22. The molecule has 4 nitrogen and oxygen atoms in total. The van der Waals surface area contributed by atoms with Crippen molar-refractivity contribution in [3.05, 3.63) is 23.8 Å². The number of halogens is 1. The van der Waals surface area contributed by atoms with Crippen molar-refractivity contribution < 1.29 is 14.6 Å². The van der Waals surface area contributed by atoms with Crippen LogP contribution < -0.4 is 10.1 Å². The zero-order valence-corrected chi connectivity index (χ0v) is 10.6. The van der Waals surface area contributed by atoms with Crippen molar-refractivity contribution >= 4 is 17.5 Å². The summed E-state index contributed by atoms with van der Waals surface area (Å²) < 4.78 is 4.93. The Balaban J connectivity index is 2.69. The third kappa shape index (κ3) is 3.82. The third-order valence-corrected chi connectivity index (χ3v) is 2.84. The lowest BCUT2D eigenvalue weighted by Gasteiger charge is -2.10. The number of methoxy groups -OCH3 is 1. The lowest BCUT2D eigenvalue weighted by Crippen LogP contribution is -2.29. The molecule has 0 spiro atoms. The number of carbonyl (C=O) groups is 1. The molecular formula is C12H16ClNO3. The second kappa shape index (κ2) is 6.35. The van der Waals surface area contributed by atoms with Crippen LogP contribution >= 0.6 is 11.6 Å². The minimum atomic E-state index is -0.343. The van der Waals surface area contributed by atoms with E-state index in [-0.39, 0.29) is 22.6 Å². The van der Waals surface area contributed by atoms with Crippen molar-refractivity contribution in [2.24, 2.45) is 0 Å². The van der Waals surface area contributed by atoms with Crippen LogP contribution in [0.3, 0.4) is 0 Å². The number of nitrogens with one attached hydrogen (secondary N) is 1. The Hall–Kier alpha value is -1.42. The van der Waals surface area contributed by atoms with E-state index in [9.17, 15) is 9.90 Å². The summed E-state index contributed by atoms with van der Waals surface area (Å²) >= 11 is 5.89.